The van der Waals surface area contributed by atoms with Crippen LogP contribution in [0.5, 0.6) is 0 Å². The van der Waals surface area contributed by atoms with Crippen LogP contribution in [0.25, 0.3) is 0 Å². The lowest BCUT2D eigenvalue weighted by Gasteiger charge is -2.30. The predicted octanol–water partition coefficient (Wildman–Crippen LogP) is 3.11. The molecule has 1 aliphatic heterocycles. The van der Waals surface area contributed by atoms with Crippen molar-refractivity contribution in [2.45, 2.75) is 43.6 Å². The molecule has 0 radical (unpaired) electrons. The summed E-state index contributed by atoms with van der Waals surface area (Å²) in [5.41, 5.74) is 1.19. The number of benzene rings is 1. The van der Waals surface area contributed by atoms with E-state index in [1.807, 2.05) is 18.2 Å². The molecule has 0 unspecified atom stereocenters. The molecule has 1 saturated carbocycles. The Bertz CT molecular complexity index is 746. The number of nitrogens with zero attached hydrogens (tertiary/aromatic N) is 3. The van der Waals surface area contributed by atoms with Crippen molar-refractivity contribution in [2.75, 3.05) is 29.9 Å². The highest BCUT2D eigenvalue weighted by molar-refractivity contribution is 5.44. The fourth-order valence-corrected chi connectivity index (χ4v) is 4.23. The molecule has 26 heavy (non-hydrogen) atoms. The van der Waals surface area contributed by atoms with Gasteiger partial charge in [-0.25, -0.2) is 9.37 Å². The summed E-state index contributed by atoms with van der Waals surface area (Å²) >= 11 is 0. The summed E-state index contributed by atoms with van der Waals surface area (Å²) in [5.74, 6) is 1.26. The Hall–Kier alpha value is -2.21. The Morgan fingerprint density at radius 2 is 1.96 bits per heavy atom. The van der Waals surface area contributed by atoms with Crippen LogP contribution in [0.15, 0.2) is 36.5 Å². The van der Waals surface area contributed by atoms with Crippen molar-refractivity contribution in [2.24, 2.45) is 0 Å². The minimum atomic E-state index is -0.276. The molecule has 2 fully saturated rings. The van der Waals surface area contributed by atoms with Gasteiger partial charge in [-0.05, 0) is 43.0 Å². The van der Waals surface area contributed by atoms with Gasteiger partial charge in [-0.3, -0.25) is 0 Å². The fraction of sp³-hybridized carbons (Fsp3) is 0.500. The molecule has 0 spiro atoms. The maximum Gasteiger partial charge on any atom is 0.224 e. The van der Waals surface area contributed by atoms with E-state index >= 15 is 0 Å². The van der Waals surface area contributed by atoms with E-state index in [1.54, 1.807) is 18.3 Å². The maximum absolute atomic E-state index is 13.3. The zero-order chi connectivity index (χ0) is 18.0. The minimum absolute atomic E-state index is 0.0108. The third-order valence-electron chi connectivity index (χ3n) is 5.73. The van der Waals surface area contributed by atoms with Crippen LogP contribution in [0.3, 0.4) is 0 Å². The second kappa shape index (κ2) is 7.19. The number of halogens is 1. The standard InChI is InChI=1S/C20H25FN4O/c21-16-5-3-15(4-6-16)20(9-1-2-10-20)14-23-19-22-11-7-18(24-19)25-12-8-17(26)13-25/h3-7,11,17,26H,1-2,8-10,12-14H2,(H,22,23,24)/t17-/m1/s1. The minimum Gasteiger partial charge on any atom is -0.391 e. The van der Waals surface area contributed by atoms with Gasteiger partial charge in [0.1, 0.15) is 11.6 Å². The summed E-state index contributed by atoms with van der Waals surface area (Å²) in [6.07, 6.45) is 6.81. The van der Waals surface area contributed by atoms with Gasteiger partial charge in [-0.1, -0.05) is 25.0 Å². The average Bonchev–Trinajstić information content (AvgIpc) is 3.31. The Morgan fingerprint density at radius 1 is 1.19 bits per heavy atom. The fourth-order valence-electron chi connectivity index (χ4n) is 4.23. The number of aliphatic hydroxyl groups is 1. The highest BCUT2D eigenvalue weighted by Gasteiger charge is 2.35. The molecule has 6 heteroatoms. The Morgan fingerprint density at radius 3 is 2.65 bits per heavy atom. The van der Waals surface area contributed by atoms with Crippen LogP contribution >= 0.6 is 0 Å². The molecular weight excluding hydrogens is 331 g/mol. The number of aliphatic hydroxyl groups excluding tert-OH is 1. The number of hydrogen-bond acceptors (Lipinski definition) is 5. The van der Waals surface area contributed by atoms with Gasteiger partial charge in [0.05, 0.1) is 6.10 Å². The molecule has 1 aromatic carbocycles. The van der Waals surface area contributed by atoms with Gasteiger partial charge in [0, 0.05) is 31.2 Å². The predicted molar refractivity (Wildman–Crippen MR) is 99.9 cm³/mol. The topological polar surface area (TPSA) is 61.3 Å². The number of nitrogens with one attached hydrogen (secondary N) is 1. The summed E-state index contributed by atoms with van der Waals surface area (Å²) in [6.45, 7) is 2.18. The first-order chi connectivity index (χ1) is 12.6. The van der Waals surface area contributed by atoms with Gasteiger partial charge < -0.3 is 15.3 Å². The third-order valence-corrected chi connectivity index (χ3v) is 5.73. The van der Waals surface area contributed by atoms with E-state index in [0.29, 0.717) is 12.5 Å². The van der Waals surface area contributed by atoms with Gasteiger partial charge in [0.15, 0.2) is 0 Å². The SMILES string of the molecule is O[C@@H]1CCN(c2ccnc(NCC3(c4ccc(F)cc4)CCCC3)n2)C1. The molecule has 2 aliphatic rings. The van der Waals surface area contributed by atoms with Crippen LogP contribution < -0.4 is 10.2 Å². The molecule has 5 nitrogen and oxygen atoms in total. The molecule has 0 amide bonds. The monoisotopic (exact) mass is 356 g/mol. The highest BCUT2D eigenvalue weighted by atomic mass is 19.1. The van der Waals surface area contributed by atoms with Crippen molar-refractivity contribution in [3.63, 3.8) is 0 Å². The molecule has 2 N–H and O–H groups in total. The molecule has 4 rings (SSSR count). The van der Waals surface area contributed by atoms with Gasteiger partial charge in [-0.2, -0.15) is 4.98 Å². The van der Waals surface area contributed by atoms with Gasteiger partial charge in [0.2, 0.25) is 5.95 Å². The average molecular weight is 356 g/mol. The highest BCUT2D eigenvalue weighted by Crippen LogP contribution is 2.41. The molecule has 138 valence electrons. The molecule has 1 aromatic heterocycles. The van der Waals surface area contributed by atoms with Crippen LogP contribution in [0.2, 0.25) is 0 Å². The molecular formula is C20H25FN4O. The van der Waals surface area contributed by atoms with Crippen LogP contribution in [-0.4, -0.2) is 40.8 Å². The summed E-state index contributed by atoms with van der Waals surface area (Å²) in [5, 5.41) is 13.1. The van der Waals surface area contributed by atoms with E-state index in [9.17, 15) is 9.50 Å². The van der Waals surface area contributed by atoms with E-state index in [4.69, 9.17) is 0 Å². The van der Waals surface area contributed by atoms with Crippen molar-refractivity contribution < 1.29 is 9.50 Å². The molecule has 2 heterocycles. The smallest absolute Gasteiger partial charge is 0.224 e. The maximum atomic E-state index is 13.3. The van der Waals surface area contributed by atoms with Crippen LogP contribution in [-0.2, 0) is 5.41 Å². The van der Waals surface area contributed by atoms with E-state index in [2.05, 4.69) is 20.2 Å². The van der Waals surface area contributed by atoms with Crippen molar-refractivity contribution in [1.29, 1.82) is 0 Å². The Balaban J connectivity index is 1.49. The zero-order valence-electron chi connectivity index (χ0n) is 14.9. The van der Waals surface area contributed by atoms with Crippen LogP contribution in [0.1, 0.15) is 37.7 Å². The Kier molecular flexibility index (Phi) is 4.76. The first-order valence-corrected chi connectivity index (χ1v) is 9.41. The normalized spacial score (nSPS) is 21.9. The van der Waals surface area contributed by atoms with Crippen molar-refractivity contribution >= 4 is 11.8 Å². The van der Waals surface area contributed by atoms with Crippen molar-refractivity contribution in [3.8, 4) is 0 Å². The molecule has 1 aliphatic carbocycles. The van der Waals surface area contributed by atoms with E-state index < -0.39 is 0 Å². The Labute approximate surface area is 153 Å². The van der Waals surface area contributed by atoms with Gasteiger partial charge in [0.25, 0.3) is 0 Å². The van der Waals surface area contributed by atoms with Crippen LogP contribution in [0, 0.1) is 5.82 Å². The number of β-amino-alcohol motifs (C(OH)–C–C–N with tert-alkyl or cyclic N) is 1. The molecule has 2 aromatic rings. The van der Waals surface area contributed by atoms with Gasteiger partial charge >= 0.3 is 0 Å². The third kappa shape index (κ3) is 3.51. The summed E-state index contributed by atoms with van der Waals surface area (Å²) < 4.78 is 13.3. The first-order valence-electron chi connectivity index (χ1n) is 9.41. The number of rotatable bonds is 5. The van der Waals surface area contributed by atoms with E-state index in [-0.39, 0.29) is 17.3 Å². The number of anilines is 2. The van der Waals surface area contributed by atoms with E-state index in [1.165, 1.54) is 18.4 Å². The van der Waals surface area contributed by atoms with Crippen LogP contribution in [0.4, 0.5) is 16.2 Å². The van der Waals surface area contributed by atoms with Crippen molar-refractivity contribution in [3.05, 3.63) is 47.9 Å². The lowest BCUT2D eigenvalue weighted by atomic mass is 9.79. The number of aromatic nitrogens is 2. The molecule has 0 bridgehead atoms. The molecule has 1 atom stereocenters. The summed E-state index contributed by atoms with van der Waals surface area (Å²) in [4.78, 5) is 11.1. The summed E-state index contributed by atoms with van der Waals surface area (Å²) in [6, 6.07) is 8.79. The van der Waals surface area contributed by atoms with Gasteiger partial charge in [-0.15, -0.1) is 0 Å². The van der Waals surface area contributed by atoms with Crippen molar-refractivity contribution in [1.82, 2.24) is 9.97 Å². The second-order valence-corrected chi connectivity index (χ2v) is 7.47. The summed E-state index contributed by atoms with van der Waals surface area (Å²) in [7, 11) is 0. The largest absolute Gasteiger partial charge is 0.391 e. The lowest BCUT2D eigenvalue weighted by Crippen LogP contribution is -2.32. The lowest BCUT2D eigenvalue weighted by molar-refractivity contribution is 0.198. The van der Waals surface area contributed by atoms with E-state index in [0.717, 1.165) is 38.2 Å². The quantitative estimate of drug-likeness (QED) is 0.862. The zero-order valence-corrected chi connectivity index (χ0v) is 14.9. The number of hydrogen-bond donors (Lipinski definition) is 2. The second-order valence-electron chi connectivity index (χ2n) is 7.47. The molecule has 1 saturated heterocycles. The first kappa shape index (κ1) is 17.2.